The first-order chi connectivity index (χ1) is 12.7. The fourth-order valence-electron chi connectivity index (χ4n) is 2.91. The highest BCUT2D eigenvalue weighted by Crippen LogP contribution is 2.15. The highest BCUT2D eigenvalue weighted by molar-refractivity contribution is 7.99. The van der Waals surface area contributed by atoms with Crippen molar-refractivity contribution < 1.29 is 9.59 Å². The molecule has 1 N–H and O–H groups in total. The molecule has 0 unspecified atom stereocenters. The molecule has 1 saturated heterocycles. The summed E-state index contributed by atoms with van der Waals surface area (Å²) in [5.41, 5.74) is 1.64. The summed E-state index contributed by atoms with van der Waals surface area (Å²) in [7, 11) is 0. The van der Waals surface area contributed by atoms with Gasteiger partial charge in [-0.2, -0.15) is 0 Å². The molecule has 0 aliphatic carbocycles. The van der Waals surface area contributed by atoms with Crippen LogP contribution in [0.1, 0.15) is 28.9 Å². The first-order valence-electron chi connectivity index (χ1n) is 8.68. The fourth-order valence-corrected chi connectivity index (χ4v) is 3.66. The van der Waals surface area contributed by atoms with E-state index in [2.05, 4.69) is 15.3 Å². The van der Waals surface area contributed by atoms with E-state index in [1.165, 1.54) is 0 Å². The number of amides is 2. The lowest BCUT2D eigenvalue weighted by atomic mass is 10.0. The third kappa shape index (κ3) is 5.29. The molecule has 1 fully saturated rings. The van der Waals surface area contributed by atoms with Crippen LogP contribution in [0.3, 0.4) is 0 Å². The monoisotopic (exact) mass is 370 g/mol. The number of pyridine rings is 2. The van der Waals surface area contributed by atoms with Gasteiger partial charge in [0.1, 0.15) is 0 Å². The molecule has 7 heteroatoms. The van der Waals surface area contributed by atoms with Crippen LogP contribution < -0.4 is 5.32 Å². The highest BCUT2D eigenvalue weighted by atomic mass is 32.2. The quantitative estimate of drug-likeness (QED) is 0.843. The summed E-state index contributed by atoms with van der Waals surface area (Å²) in [6.45, 7) is 1.32. The van der Waals surface area contributed by atoms with Gasteiger partial charge in [0.15, 0.2) is 0 Å². The second kappa shape index (κ2) is 9.33. The number of thioether (sulfide) groups is 1. The van der Waals surface area contributed by atoms with Crippen LogP contribution in [0, 0.1) is 0 Å². The molecule has 2 aromatic heterocycles. The summed E-state index contributed by atoms with van der Waals surface area (Å²) < 4.78 is 0. The van der Waals surface area contributed by atoms with Crippen molar-refractivity contribution in [3.63, 3.8) is 0 Å². The van der Waals surface area contributed by atoms with Crippen molar-refractivity contribution in [2.24, 2.45) is 0 Å². The summed E-state index contributed by atoms with van der Waals surface area (Å²) in [4.78, 5) is 34.5. The number of carbonyl (C=O) groups is 2. The topological polar surface area (TPSA) is 75.2 Å². The van der Waals surface area contributed by atoms with Crippen molar-refractivity contribution >= 4 is 23.6 Å². The van der Waals surface area contributed by atoms with Gasteiger partial charge >= 0.3 is 0 Å². The third-order valence-electron chi connectivity index (χ3n) is 4.28. The maximum absolute atomic E-state index is 12.4. The average molecular weight is 370 g/mol. The molecule has 0 bridgehead atoms. The fraction of sp³-hybridized carbons (Fsp3) is 0.368. The maximum atomic E-state index is 12.4. The lowest BCUT2D eigenvalue weighted by molar-refractivity contribution is -0.119. The summed E-state index contributed by atoms with van der Waals surface area (Å²) in [6.07, 6.45) is 6.59. The van der Waals surface area contributed by atoms with E-state index >= 15 is 0 Å². The van der Waals surface area contributed by atoms with E-state index in [0.29, 0.717) is 24.4 Å². The Hall–Kier alpha value is -2.41. The zero-order valence-corrected chi connectivity index (χ0v) is 15.3. The molecule has 2 aromatic rings. The second-order valence-corrected chi connectivity index (χ2v) is 7.17. The minimum atomic E-state index is 0.0306. The van der Waals surface area contributed by atoms with Gasteiger partial charge in [-0.1, -0.05) is 6.07 Å². The summed E-state index contributed by atoms with van der Waals surface area (Å²) in [5.74, 6) is 1.23. The Morgan fingerprint density at radius 3 is 2.58 bits per heavy atom. The Morgan fingerprint density at radius 1 is 1.12 bits per heavy atom. The van der Waals surface area contributed by atoms with Gasteiger partial charge < -0.3 is 10.2 Å². The van der Waals surface area contributed by atoms with Crippen LogP contribution in [0.5, 0.6) is 0 Å². The Morgan fingerprint density at radius 2 is 1.88 bits per heavy atom. The van der Waals surface area contributed by atoms with Crippen LogP contribution in [0.4, 0.5) is 0 Å². The van der Waals surface area contributed by atoms with Gasteiger partial charge in [-0.05, 0) is 37.1 Å². The molecular formula is C19H22N4O2S. The van der Waals surface area contributed by atoms with Gasteiger partial charge in [-0.25, -0.2) is 0 Å². The number of rotatable bonds is 6. The number of piperidine rings is 1. The molecule has 2 amide bonds. The average Bonchev–Trinajstić information content (AvgIpc) is 2.69. The second-order valence-electron chi connectivity index (χ2n) is 6.18. The maximum Gasteiger partial charge on any atom is 0.253 e. The van der Waals surface area contributed by atoms with Crippen LogP contribution in [0.15, 0.2) is 48.9 Å². The lowest BCUT2D eigenvalue weighted by Gasteiger charge is -2.32. The Bertz CT molecular complexity index is 719. The van der Waals surface area contributed by atoms with Crippen LogP contribution in [0.25, 0.3) is 0 Å². The lowest BCUT2D eigenvalue weighted by Crippen LogP contribution is -2.47. The van der Waals surface area contributed by atoms with E-state index in [9.17, 15) is 9.59 Å². The van der Waals surface area contributed by atoms with E-state index in [4.69, 9.17) is 0 Å². The van der Waals surface area contributed by atoms with Crippen LogP contribution in [-0.2, 0) is 10.5 Å². The number of nitrogens with zero attached hydrogens (tertiary/aromatic N) is 3. The van der Waals surface area contributed by atoms with Crippen molar-refractivity contribution in [2.75, 3.05) is 18.8 Å². The predicted octanol–water partition coefficient (Wildman–Crippen LogP) is 2.13. The van der Waals surface area contributed by atoms with E-state index in [1.54, 1.807) is 42.5 Å². The normalized spacial score (nSPS) is 14.8. The van der Waals surface area contributed by atoms with Crippen LogP contribution in [-0.4, -0.2) is 51.6 Å². The van der Waals surface area contributed by atoms with Crippen molar-refractivity contribution in [3.8, 4) is 0 Å². The van der Waals surface area contributed by atoms with E-state index in [-0.39, 0.29) is 17.9 Å². The van der Waals surface area contributed by atoms with Gasteiger partial charge in [-0.15, -0.1) is 11.8 Å². The van der Waals surface area contributed by atoms with E-state index in [0.717, 1.165) is 24.3 Å². The van der Waals surface area contributed by atoms with Gasteiger partial charge in [0, 0.05) is 49.0 Å². The third-order valence-corrected chi connectivity index (χ3v) is 5.25. The van der Waals surface area contributed by atoms with E-state index < -0.39 is 0 Å². The molecule has 0 saturated carbocycles. The van der Waals surface area contributed by atoms with Gasteiger partial charge in [0.2, 0.25) is 5.91 Å². The first kappa shape index (κ1) is 18.4. The molecule has 0 atom stereocenters. The van der Waals surface area contributed by atoms with Crippen LogP contribution in [0.2, 0.25) is 0 Å². The smallest absolute Gasteiger partial charge is 0.253 e. The first-order valence-corrected chi connectivity index (χ1v) is 9.84. The van der Waals surface area contributed by atoms with Gasteiger partial charge in [0.05, 0.1) is 11.4 Å². The van der Waals surface area contributed by atoms with Gasteiger partial charge in [0.25, 0.3) is 5.91 Å². The Labute approximate surface area is 157 Å². The molecule has 0 radical (unpaired) electrons. The molecule has 136 valence electrons. The van der Waals surface area contributed by atoms with Gasteiger partial charge in [-0.3, -0.25) is 19.6 Å². The molecule has 3 rings (SSSR count). The molecule has 1 aliphatic rings. The molecule has 0 aromatic carbocycles. The predicted molar refractivity (Wildman–Crippen MR) is 102 cm³/mol. The van der Waals surface area contributed by atoms with Crippen molar-refractivity contribution in [1.82, 2.24) is 20.2 Å². The highest BCUT2D eigenvalue weighted by Gasteiger charge is 2.24. The number of hydrogen-bond acceptors (Lipinski definition) is 5. The minimum absolute atomic E-state index is 0.0306. The molecule has 3 heterocycles. The zero-order chi connectivity index (χ0) is 18.2. The number of hydrogen-bond donors (Lipinski definition) is 1. The van der Waals surface area contributed by atoms with Crippen molar-refractivity contribution in [1.29, 1.82) is 0 Å². The standard InChI is InChI=1S/C19H22N4O2S/c24-18(14-26-13-17-3-1-2-8-21-17)22-16-6-11-23(12-7-16)19(25)15-4-9-20-10-5-15/h1-5,8-10,16H,6-7,11-14H2,(H,22,24). The Kier molecular flexibility index (Phi) is 6.60. The molecule has 0 spiro atoms. The minimum Gasteiger partial charge on any atom is -0.353 e. The zero-order valence-electron chi connectivity index (χ0n) is 14.5. The number of likely N-dealkylation sites (tertiary alicyclic amines) is 1. The number of carbonyl (C=O) groups excluding carboxylic acids is 2. The number of aromatic nitrogens is 2. The van der Waals surface area contributed by atoms with Crippen LogP contribution >= 0.6 is 11.8 Å². The summed E-state index contributed by atoms with van der Waals surface area (Å²) >= 11 is 1.56. The molecule has 6 nitrogen and oxygen atoms in total. The molecule has 1 aliphatic heterocycles. The largest absolute Gasteiger partial charge is 0.353 e. The van der Waals surface area contributed by atoms with E-state index in [1.807, 2.05) is 23.1 Å². The molecule has 26 heavy (non-hydrogen) atoms. The Balaban J connectivity index is 1.37. The van der Waals surface area contributed by atoms with Crippen molar-refractivity contribution in [3.05, 3.63) is 60.2 Å². The summed E-state index contributed by atoms with van der Waals surface area (Å²) in [5, 5.41) is 3.08. The SMILES string of the molecule is O=C(CSCc1ccccn1)NC1CCN(C(=O)c2ccncc2)CC1. The van der Waals surface area contributed by atoms with Crippen molar-refractivity contribution in [2.45, 2.75) is 24.6 Å². The number of nitrogens with one attached hydrogen (secondary N) is 1. The molecular weight excluding hydrogens is 348 g/mol. The summed E-state index contributed by atoms with van der Waals surface area (Å²) in [6, 6.07) is 9.39.